The van der Waals surface area contributed by atoms with Crippen LogP contribution in [0.3, 0.4) is 0 Å². The highest BCUT2D eigenvalue weighted by molar-refractivity contribution is 9.11. The van der Waals surface area contributed by atoms with Crippen molar-refractivity contribution in [2.24, 2.45) is 5.84 Å². The van der Waals surface area contributed by atoms with Crippen molar-refractivity contribution in [1.29, 1.82) is 0 Å². The molecule has 0 aliphatic rings. The Morgan fingerprint density at radius 2 is 1.95 bits per heavy atom. The molecule has 19 heavy (non-hydrogen) atoms. The van der Waals surface area contributed by atoms with Gasteiger partial charge >= 0.3 is 0 Å². The molecule has 0 bridgehead atoms. The summed E-state index contributed by atoms with van der Waals surface area (Å²) in [5.74, 6) is 6.22. The molecule has 102 valence electrons. The van der Waals surface area contributed by atoms with Gasteiger partial charge in [-0.25, -0.2) is 0 Å². The van der Waals surface area contributed by atoms with E-state index in [1.54, 1.807) is 11.3 Å². The first kappa shape index (κ1) is 14.7. The number of benzene rings is 1. The molecule has 0 amide bonds. The monoisotopic (exact) mass is 338 g/mol. The van der Waals surface area contributed by atoms with Crippen LogP contribution in [-0.2, 0) is 6.42 Å². The number of nitrogens with one attached hydrogen (secondary N) is 1. The van der Waals surface area contributed by atoms with Gasteiger partial charge in [0.25, 0.3) is 0 Å². The van der Waals surface area contributed by atoms with E-state index in [2.05, 4.69) is 70.7 Å². The zero-order chi connectivity index (χ0) is 13.7. The van der Waals surface area contributed by atoms with Crippen molar-refractivity contribution < 1.29 is 0 Å². The Bertz CT molecular complexity index is 498. The van der Waals surface area contributed by atoms with E-state index < -0.39 is 0 Å². The highest BCUT2D eigenvalue weighted by atomic mass is 79.9. The molecule has 0 fully saturated rings. The molecule has 2 unspecified atom stereocenters. The van der Waals surface area contributed by atoms with Gasteiger partial charge in [0.1, 0.15) is 0 Å². The SMILES string of the molecule is CCC(c1ccccc1)C(Cc1ccc(Br)s1)NN. The Labute approximate surface area is 127 Å². The van der Waals surface area contributed by atoms with E-state index in [1.807, 2.05) is 0 Å². The molecule has 2 nitrogen and oxygen atoms in total. The molecule has 2 aromatic rings. The largest absolute Gasteiger partial charge is 0.271 e. The maximum absolute atomic E-state index is 5.78. The Morgan fingerprint density at radius 3 is 2.47 bits per heavy atom. The molecule has 0 aliphatic heterocycles. The number of rotatable bonds is 6. The van der Waals surface area contributed by atoms with Crippen molar-refractivity contribution in [1.82, 2.24) is 5.43 Å². The Kier molecular flexibility index (Phi) is 5.58. The molecule has 0 aliphatic carbocycles. The van der Waals surface area contributed by atoms with Crippen LogP contribution in [0.2, 0.25) is 0 Å². The first-order valence-corrected chi connectivity index (χ1v) is 8.10. The normalized spacial score (nSPS) is 14.3. The summed E-state index contributed by atoms with van der Waals surface area (Å²) in [4.78, 5) is 1.35. The van der Waals surface area contributed by atoms with Crippen LogP contribution in [0.15, 0.2) is 46.3 Å². The van der Waals surface area contributed by atoms with E-state index in [9.17, 15) is 0 Å². The van der Waals surface area contributed by atoms with Crippen LogP contribution in [0.4, 0.5) is 0 Å². The van der Waals surface area contributed by atoms with Gasteiger partial charge in [-0.1, -0.05) is 37.3 Å². The minimum absolute atomic E-state index is 0.262. The van der Waals surface area contributed by atoms with Gasteiger partial charge in [-0.3, -0.25) is 11.3 Å². The fourth-order valence-electron chi connectivity index (χ4n) is 2.45. The van der Waals surface area contributed by atoms with Crippen LogP contribution >= 0.6 is 27.3 Å². The van der Waals surface area contributed by atoms with Gasteiger partial charge < -0.3 is 0 Å². The third-order valence-corrected chi connectivity index (χ3v) is 5.06. The van der Waals surface area contributed by atoms with Gasteiger partial charge in [-0.2, -0.15) is 0 Å². The zero-order valence-corrected chi connectivity index (χ0v) is 13.4. The van der Waals surface area contributed by atoms with Crippen LogP contribution in [0.5, 0.6) is 0 Å². The van der Waals surface area contributed by atoms with Gasteiger partial charge in [0.2, 0.25) is 0 Å². The summed E-state index contributed by atoms with van der Waals surface area (Å²) in [5, 5.41) is 0. The summed E-state index contributed by atoms with van der Waals surface area (Å²) in [5.41, 5.74) is 4.35. The second-order valence-electron chi connectivity index (χ2n) is 4.61. The van der Waals surface area contributed by atoms with E-state index in [0.717, 1.165) is 12.8 Å². The number of hydrogen-bond acceptors (Lipinski definition) is 3. The Hall–Kier alpha value is -0.680. The third kappa shape index (κ3) is 3.89. The standard InChI is InChI=1S/C15H19BrN2S/c1-2-13(11-6-4-3-5-7-11)14(18-17)10-12-8-9-15(16)19-12/h3-9,13-14,18H,2,10,17H2,1H3. The molecule has 0 saturated heterocycles. The summed E-state index contributed by atoms with van der Waals surface area (Å²) in [6.45, 7) is 2.21. The zero-order valence-electron chi connectivity index (χ0n) is 11.0. The van der Waals surface area contributed by atoms with Gasteiger partial charge in [-0.05, 0) is 46.5 Å². The summed E-state index contributed by atoms with van der Waals surface area (Å²) >= 11 is 5.29. The molecule has 0 radical (unpaired) electrons. The van der Waals surface area contributed by atoms with E-state index in [1.165, 1.54) is 14.2 Å². The third-order valence-electron chi connectivity index (χ3n) is 3.42. The lowest BCUT2D eigenvalue weighted by atomic mass is 9.87. The Morgan fingerprint density at radius 1 is 1.21 bits per heavy atom. The second-order valence-corrected chi connectivity index (χ2v) is 7.16. The molecular weight excluding hydrogens is 320 g/mol. The van der Waals surface area contributed by atoms with E-state index in [4.69, 9.17) is 5.84 Å². The lowest BCUT2D eigenvalue weighted by Crippen LogP contribution is -2.41. The van der Waals surface area contributed by atoms with Crippen molar-refractivity contribution in [3.8, 4) is 0 Å². The van der Waals surface area contributed by atoms with E-state index in [-0.39, 0.29) is 6.04 Å². The molecule has 3 N–H and O–H groups in total. The quantitative estimate of drug-likeness (QED) is 0.615. The maximum Gasteiger partial charge on any atom is 0.0701 e. The van der Waals surface area contributed by atoms with Crippen LogP contribution in [-0.4, -0.2) is 6.04 Å². The second kappa shape index (κ2) is 7.20. The lowest BCUT2D eigenvalue weighted by molar-refractivity contribution is 0.429. The molecule has 2 rings (SSSR count). The van der Waals surface area contributed by atoms with Gasteiger partial charge in [0, 0.05) is 16.8 Å². The summed E-state index contributed by atoms with van der Waals surface area (Å²) < 4.78 is 1.17. The van der Waals surface area contributed by atoms with Crippen LogP contribution in [0, 0.1) is 0 Å². The van der Waals surface area contributed by atoms with E-state index >= 15 is 0 Å². The first-order chi connectivity index (χ1) is 9.24. The number of hydrogen-bond donors (Lipinski definition) is 2. The summed E-state index contributed by atoms with van der Waals surface area (Å²) in [6, 6.07) is 15.1. The fourth-order valence-corrected chi connectivity index (χ4v) is 3.99. The molecule has 2 atom stereocenters. The summed E-state index contributed by atoms with van der Waals surface area (Å²) in [6.07, 6.45) is 2.03. The fraction of sp³-hybridized carbons (Fsp3) is 0.333. The Balaban J connectivity index is 2.15. The topological polar surface area (TPSA) is 38.0 Å². The van der Waals surface area contributed by atoms with Crippen LogP contribution < -0.4 is 11.3 Å². The first-order valence-electron chi connectivity index (χ1n) is 6.50. The lowest BCUT2D eigenvalue weighted by Gasteiger charge is -2.25. The summed E-state index contributed by atoms with van der Waals surface area (Å²) in [7, 11) is 0. The predicted molar refractivity (Wildman–Crippen MR) is 86.3 cm³/mol. The van der Waals surface area contributed by atoms with Crippen LogP contribution in [0.25, 0.3) is 0 Å². The highest BCUT2D eigenvalue weighted by Crippen LogP contribution is 2.28. The highest BCUT2D eigenvalue weighted by Gasteiger charge is 2.21. The molecular formula is C15H19BrN2S. The number of halogens is 1. The predicted octanol–water partition coefficient (Wildman–Crippen LogP) is 4.08. The molecule has 1 aromatic carbocycles. The van der Waals surface area contributed by atoms with Crippen LogP contribution in [0.1, 0.15) is 29.7 Å². The number of thiophene rings is 1. The van der Waals surface area contributed by atoms with Crippen molar-refractivity contribution in [3.63, 3.8) is 0 Å². The van der Waals surface area contributed by atoms with Gasteiger partial charge in [-0.15, -0.1) is 11.3 Å². The van der Waals surface area contributed by atoms with Crippen molar-refractivity contribution in [2.45, 2.75) is 31.7 Å². The average Bonchev–Trinajstić information content (AvgIpc) is 2.85. The van der Waals surface area contributed by atoms with Gasteiger partial charge in [0.15, 0.2) is 0 Å². The molecule has 0 saturated carbocycles. The molecule has 0 spiro atoms. The van der Waals surface area contributed by atoms with E-state index in [0.29, 0.717) is 5.92 Å². The average molecular weight is 339 g/mol. The molecule has 1 heterocycles. The molecule has 4 heteroatoms. The van der Waals surface area contributed by atoms with Crippen molar-refractivity contribution >= 4 is 27.3 Å². The molecule has 1 aromatic heterocycles. The van der Waals surface area contributed by atoms with Gasteiger partial charge in [0.05, 0.1) is 3.79 Å². The smallest absolute Gasteiger partial charge is 0.0701 e. The van der Waals surface area contributed by atoms with Crippen molar-refractivity contribution in [3.05, 3.63) is 56.7 Å². The van der Waals surface area contributed by atoms with Crippen molar-refractivity contribution in [2.75, 3.05) is 0 Å². The number of hydrazine groups is 1. The minimum Gasteiger partial charge on any atom is -0.271 e. The number of nitrogens with two attached hydrogens (primary N) is 1. The maximum atomic E-state index is 5.78. The minimum atomic E-state index is 0.262.